The predicted octanol–water partition coefficient (Wildman–Crippen LogP) is 1.01. The Kier molecular flexibility index (Phi) is 4.33. The largest absolute Gasteiger partial charge is 0.389 e. The van der Waals surface area contributed by atoms with E-state index in [2.05, 4.69) is 23.6 Å². The first kappa shape index (κ1) is 13.5. The molecule has 1 fully saturated rings. The quantitative estimate of drug-likeness (QED) is 0.559. The summed E-state index contributed by atoms with van der Waals surface area (Å²) in [7, 11) is 0. The van der Waals surface area contributed by atoms with Crippen molar-refractivity contribution in [1.29, 1.82) is 5.41 Å². The van der Waals surface area contributed by atoms with Gasteiger partial charge in [0.15, 0.2) is 0 Å². The summed E-state index contributed by atoms with van der Waals surface area (Å²) >= 11 is 0. The van der Waals surface area contributed by atoms with Gasteiger partial charge in [-0.05, 0) is 13.8 Å². The first-order chi connectivity index (χ1) is 7.29. The van der Waals surface area contributed by atoms with Crippen LogP contribution in [0, 0.1) is 11.3 Å². The zero-order chi connectivity index (χ0) is 12.3. The van der Waals surface area contributed by atoms with E-state index in [0.29, 0.717) is 5.92 Å². The second-order valence-electron chi connectivity index (χ2n) is 5.62. The summed E-state index contributed by atoms with van der Waals surface area (Å²) in [5.74, 6) is 1.05. The molecular formula is C12H25N3O. The van der Waals surface area contributed by atoms with Crippen molar-refractivity contribution in [3.05, 3.63) is 0 Å². The number of rotatable bonds is 3. The van der Waals surface area contributed by atoms with Gasteiger partial charge < -0.3 is 10.0 Å². The molecule has 0 amide bonds. The summed E-state index contributed by atoms with van der Waals surface area (Å²) in [6.07, 6.45) is 0. The SMILES string of the molecule is CC(C)C(=N)N1CCN(CC(C)(C)O)CC1. The third-order valence-corrected chi connectivity index (χ3v) is 2.87. The Bertz CT molecular complexity index is 237. The van der Waals surface area contributed by atoms with Crippen molar-refractivity contribution < 1.29 is 5.11 Å². The Labute approximate surface area is 98.7 Å². The molecule has 0 aliphatic carbocycles. The van der Waals surface area contributed by atoms with E-state index in [1.807, 2.05) is 13.8 Å². The minimum absolute atomic E-state index is 0.306. The molecule has 4 heteroatoms. The Morgan fingerprint density at radius 1 is 1.25 bits per heavy atom. The lowest BCUT2D eigenvalue weighted by atomic mass is 10.1. The number of aliphatic hydroxyl groups is 1. The van der Waals surface area contributed by atoms with E-state index in [0.717, 1.165) is 38.6 Å². The number of amidine groups is 1. The highest BCUT2D eigenvalue weighted by Gasteiger charge is 2.24. The van der Waals surface area contributed by atoms with E-state index in [9.17, 15) is 5.11 Å². The van der Waals surface area contributed by atoms with E-state index in [-0.39, 0.29) is 0 Å². The van der Waals surface area contributed by atoms with Crippen LogP contribution in [0.3, 0.4) is 0 Å². The van der Waals surface area contributed by atoms with Crippen molar-refractivity contribution in [3.8, 4) is 0 Å². The maximum Gasteiger partial charge on any atom is 0.0984 e. The molecule has 0 aromatic rings. The molecule has 1 aliphatic rings. The molecular weight excluding hydrogens is 202 g/mol. The van der Waals surface area contributed by atoms with Gasteiger partial charge in [0.05, 0.1) is 11.4 Å². The monoisotopic (exact) mass is 227 g/mol. The molecule has 1 heterocycles. The van der Waals surface area contributed by atoms with E-state index in [1.54, 1.807) is 0 Å². The Morgan fingerprint density at radius 2 is 1.75 bits per heavy atom. The molecule has 0 unspecified atom stereocenters. The highest BCUT2D eigenvalue weighted by atomic mass is 16.3. The van der Waals surface area contributed by atoms with Crippen molar-refractivity contribution in [3.63, 3.8) is 0 Å². The second-order valence-corrected chi connectivity index (χ2v) is 5.62. The molecule has 0 atom stereocenters. The number of nitrogens with zero attached hydrogens (tertiary/aromatic N) is 2. The minimum Gasteiger partial charge on any atom is -0.389 e. The molecule has 2 N–H and O–H groups in total. The standard InChI is InChI=1S/C12H25N3O/c1-10(2)11(13)15-7-5-14(6-8-15)9-12(3,4)16/h10,13,16H,5-9H2,1-4H3. The average molecular weight is 227 g/mol. The second kappa shape index (κ2) is 5.15. The number of piperazine rings is 1. The van der Waals surface area contributed by atoms with Gasteiger partial charge >= 0.3 is 0 Å². The van der Waals surface area contributed by atoms with Crippen molar-refractivity contribution >= 4 is 5.84 Å². The summed E-state index contributed by atoms with van der Waals surface area (Å²) in [4.78, 5) is 4.41. The van der Waals surface area contributed by atoms with Crippen molar-refractivity contribution in [1.82, 2.24) is 9.80 Å². The smallest absolute Gasteiger partial charge is 0.0984 e. The van der Waals surface area contributed by atoms with Crippen LogP contribution in [0.2, 0.25) is 0 Å². The molecule has 0 radical (unpaired) electrons. The molecule has 1 saturated heterocycles. The van der Waals surface area contributed by atoms with Crippen LogP contribution in [0.4, 0.5) is 0 Å². The molecule has 0 saturated carbocycles. The van der Waals surface area contributed by atoms with Gasteiger partial charge in [-0.2, -0.15) is 0 Å². The van der Waals surface area contributed by atoms with Gasteiger partial charge in [-0.25, -0.2) is 0 Å². The van der Waals surface area contributed by atoms with Crippen LogP contribution < -0.4 is 0 Å². The Hall–Kier alpha value is -0.610. The van der Waals surface area contributed by atoms with Crippen molar-refractivity contribution in [2.24, 2.45) is 5.92 Å². The van der Waals surface area contributed by atoms with Crippen LogP contribution in [0.15, 0.2) is 0 Å². The van der Waals surface area contributed by atoms with Crippen molar-refractivity contribution in [2.75, 3.05) is 32.7 Å². The molecule has 0 spiro atoms. The van der Waals surface area contributed by atoms with Crippen molar-refractivity contribution in [2.45, 2.75) is 33.3 Å². The van der Waals surface area contributed by atoms with Gasteiger partial charge in [0.25, 0.3) is 0 Å². The summed E-state index contributed by atoms with van der Waals surface area (Å²) < 4.78 is 0. The first-order valence-electron chi connectivity index (χ1n) is 6.08. The molecule has 16 heavy (non-hydrogen) atoms. The van der Waals surface area contributed by atoms with Crippen LogP contribution >= 0.6 is 0 Å². The van der Waals surface area contributed by atoms with Crippen LogP contribution in [0.25, 0.3) is 0 Å². The third-order valence-electron chi connectivity index (χ3n) is 2.87. The van der Waals surface area contributed by atoms with Gasteiger partial charge in [-0.15, -0.1) is 0 Å². The van der Waals surface area contributed by atoms with Gasteiger partial charge in [-0.1, -0.05) is 13.8 Å². The molecule has 94 valence electrons. The molecule has 1 aliphatic heterocycles. The molecule has 0 aromatic heterocycles. The fourth-order valence-electron chi connectivity index (χ4n) is 2.06. The normalized spacial score (nSPS) is 19.2. The Balaban J connectivity index is 2.37. The van der Waals surface area contributed by atoms with Gasteiger partial charge in [0.1, 0.15) is 0 Å². The molecule has 0 aromatic carbocycles. The lowest BCUT2D eigenvalue weighted by molar-refractivity contribution is 0.0247. The number of β-amino-alcohol motifs (C(OH)–C–C–N with tert-alkyl or cyclic N) is 1. The maximum absolute atomic E-state index is 9.74. The third kappa shape index (κ3) is 4.10. The molecule has 0 bridgehead atoms. The fourth-order valence-corrected chi connectivity index (χ4v) is 2.06. The van der Waals surface area contributed by atoms with E-state index in [1.165, 1.54) is 0 Å². The highest BCUT2D eigenvalue weighted by Crippen LogP contribution is 2.10. The minimum atomic E-state index is -0.617. The summed E-state index contributed by atoms with van der Waals surface area (Å²) in [5.41, 5.74) is -0.617. The maximum atomic E-state index is 9.74. The Morgan fingerprint density at radius 3 is 2.12 bits per heavy atom. The summed E-state index contributed by atoms with van der Waals surface area (Å²) in [6.45, 7) is 12.2. The lowest BCUT2D eigenvalue weighted by Crippen LogP contribution is -2.52. The topological polar surface area (TPSA) is 50.6 Å². The van der Waals surface area contributed by atoms with Crippen LogP contribution in [0.5, 0.6) is 0 Å². The van der Waals surface area contributed by atoms with Gasteiger partial charge in [0.2, 0.25) is 0 Å². The number of nitrogens with one attached hydrogen (secondary N) is 1. The van der Waals surface area contributed by atoms with E-state index < -0.39 is 5.60 Å². The number of hydrogen-bond acceptors (Lipinski definition) is 3. The predicted molar refractivity (Wildman–Crippen MR) is 66.9 cm³/mol. The van der Waals surface area contributed by atoms with Crippen LogP contribution in [-0.2, 0) is 0 Å². The summed E-state index contributed by atoms with van der Waals surface area (Å²) in [5, 5.41) is 17.7. The van der Waals surface area contributed by atoms with Gasteiger partial charge in [0, 0.05) is 38.6 Å². The fraction of sp³-hybridized carbons (Fsp3) is 0.917. The number of hydrogen-bond donors (Lipinski definition) is 2. The van der Waals surface area contributed by atoms with Crippen LogP contribution in [0.1, 0.15) is 27.7 Å². The van der Waals surface area contributed by atoms with E-state index in [4.69, 9.17) is 5.41 Å². The zero-order valence-electron chi connectivity index (χ0n) is 11.0. The van der Waals surface area contributed by atoms with E-state index >= 15 is 0 Å². The van der Waals surface area contributed by atoms with Crippen LogP contribution in [-0.4, -0.2) is 59.1 Å². The highest BCUT2D eigenvalue weighted by molar-refractivity contribution is 5.81. The molecule has 4 nitrogen and oxygen atoms in total. The average Bonchev–Trinajstić information content (AvgIpc) is 2.15. The van der Waals surface area contributed by atoms with Gasteiger partial charge in [-0.3, -0.25) is 10.3 Å². The summed E-state index contributed by atoms with van der Waals surface area (Å²) in [6, 6.07) is 0. The lowest BCUT2D eigenvalue weighted by Gasteiger charge is -2.39. The zero-order valence-corrected chi connectivity index (χ0v) is 11.0. The molecule has 1 rings (SSSR count). The first-order valence-corrected chi connectivity index (χ1v) is 6.08.